The number of ether oxygens (including phenoxy) is 1. The number of nitrogens with one attached hydrogen (secondary N) is 1. The van der Waals surface area contributed by atoms with Crippen LogP contribution in [0.15, 0.2) is 71.6 Å². The predicted molar refractivity (Wildman–Crippen MR) is 159 cm³/mol. The number of methoxy groups -OCH3 is 1. The second kappa shape index (κ2) is 11.0. The Bertz CT molecular complexity index is 1530. The molecule has 0 bridgehead atoms. The summed E-state index contributed by atoms with van der Waals surface area (Å²) < 4.78 is 5.62. The highest BCUT2D eigenvalue weighted by Crippen LogP contribution is 2.44. The number of nitrogens with zero attached hydrogens (tertiary/aromatic N) is 2. The van der Waals surface area contributed by atoms with Gasteiger partial charge in [0.05, 0.1) is 23.3 Å². The Morgan fingerprint density at radius 3 is 2.46 bits per heavy atom. The molecular weight excluding hydrogens is 530 g/mol. The maximum atomic E-state index is 13.7. The Morgan fingerprint density at radius 2 is 1.72 bits per heavy atom. The van der Waals surface area contributed by atoms with Crippen molar-refractivity contribution in [3.63, 3.8) is 0 Å². The molecule has 0 aliphatic carbocycles. The van der Waals surface area contributed by atoms with Gasteiger partial charge < -0.3 is 10.1 Å². The van der Waals surface area contributed by atoms with Crippen LogP contribution in [0.4, 0.5) is 11.4 Å². The third-order valence-electron chi connectivity index (χ3n) is 6.75. The van der Waals surface area contributed by atoms with Crippen LogP contribution in [0.3, 0.4) is 0 Å². The standard InChI is InChI=1S/C30H27N3O4S2/c1-18-8-9-19(2)23(16-18)31-25(34)17-33-24-7-5-4-6-22(24)26(28(33)35)27-29(36)32(30(38)39-27)15-14-20-10-12-21(37-3)13-11-20/h4-13,16H,14-15,17H2,1-3H3,(H,31,34). The molecule has 0 atom stereocenters. The molecular formula is C30H27N3O4S2. The van der Waals surface area contributed by atoms with Gasteiger partial charge in [-0.1, -0.05) is 66.4 Å². The number of anilines is 2. The lowest BCUT2D eigenvalue weighted by molar-refractivity contribution is -0.122. The van der Waals surface area contributed by atoms with Gasteiger partial charge in [0.2, 0.25) is 5.91 Å². The van der Waals surface area contributed by atoms with Gasteiger partial charge >= 0.3 is 0 Å². The van der Waals surface area contributed by atoms with Gasteiger partial charge in [0.25, 0.3) is 11.8 Å². The summed E-state index contributed by atoms with van der Waals surface area (Å²) in [6, 6.07) is 20.7. The van der Waals surface area contributed by atoms with Crippen LogP contribution in [0.25, 0.3) is 5.57 Å². The topological polar surface area (TPSA) is 79.0 Å². The third kappa shape index (κ3) is 5.32. The van der Waals surface area contributed by atoms with Gasteiger partial charge in [-0.05, 0) is 61.2 Å². The van der Waals surface area contributed by atoms with E-state index in [0.29, 0.717) is 39.1 Å². The van der Waals surface area contributed by atoms with Crippen molar-refractivity contribution in [1.29, 1.82) is 0 Å². The highest BCUT2D eigenvalue weighted by atomic mass is 32.2. The number of thiocarbonyl (C=S) groups is 1. The number of benzene rings is 3. The molecule has 2 aliphatic rings. The molecule has 3 aromatic carbocycles. The number of carbonyl (C=O) groups is 3. The molecule has 1 fully saturated rings. The van der Waals surface area contributed by atoms with E-state index in [2.05, 4.69) is 5.32 Å². The van der Waals surface area contributed by atoms with Crippen LogP contribution in [0.1, 0.15) is 22.3 Å². The molecule has 5 rings (SSSR count). The summed E-state index contributed by atoms with van der Waals surface area (Å²) in [6.45, 7) is 4.09. The average Bonchev–Trinajstić information content (AvgIpc) is 3.36. The summed E-state index contributed by atoms with van der Waals surface area (Å²) in [5.74, 6) is -0.235. The molecule has 3 aromatic rings. The van der Waals surface area contributed by atoms with E-state index in [1.807, 2.05) is 68.4 Å². The highest BCUT2D eigenvalue weighted by molar-refractivity contribution is 8.26. The first-order chi connectivity index (χ1) is 18.8. The zero-order valence-electron chi connectivity index (χ0n) is 21.8. The number of rotatable bonds is 7. The second-order valence-corrected chi connectivity index (χ2v) is 11.0. The van der Waals surface area contributed by atoms with Gasteiger partial charge in [-0.15, -0.1) is 0 Å². The van der Waals surface area contributed by atoms with Crippen molar-refractivity contribution in [3.05, 3.63) is 93.9 Å². The van der Waals surface area contributed by atoms with E-state index >= 15 is 0 Å². The lowest BCUT2D eigenvalue weighted by Gasteiger charge is -2.17. The highest BCUT2D eigenvalue weighted by Gasteiger charge is 2.42. The minimum Gasteiger partial charge on any atom is -0.497 e. The van der Waals surface area contributed by atoms with Gasteiger partial charge in [-0.2, -0.15) is 0 Å². The van der Waals surface area contributed by atoms with E-state index in [9.17, 15) is 14.4 Å². The average molecular weight is 558 g/mol. The summed E-state index contributed by atoms with van der Waals surface area (Å²) in [4.78, 5) is 43.5. The van der Waals surface area contributed by atoms with E-state index in [4.69, 9.17) is 17.0 Å². The number of fused-ring (bicyclic) bond motifs is 1. The molecule has 3 amide bonds. The summed E-state index contributed by atoms with van der Waals surface area (Å²) >= 11 is 6.68. The SMILES string of the molecule is COc1ccc(CCN2C(=O)C(=C3C(=O)N(CC(=O)Nc4cc(C)ccc4C)c4ccccc43)SC2=S)cc1. The number of aryl methyl sites for hydroxylation is 2. The molecule has 0 spiro atoms. The molecule has 2 aliphatic heterocycles. The molecule has 0 aromatic heterocycles. The Morgan fingerprint density at radius 1 is 0.974 bits per heavy atom. The molecule has 1 N–H and O–H groups in total. The Balaban J connectivity index is 1.37. The smallest absolute Gasteiger partial charge is 0.267 e. The summed E-state index contributed by atoms with van der Waals surface area (Å²) in [5.41, 5.74) is 5.21. The van der Waals surface area contributed by atoms with Crippen LogP contribution in [0.2, 0.25) is 0 Å². The molecule has 1 saturated heterocycles. The van der Waals surface area contributed by atoms with Gasteiger partial charge in [0.15, 0.2) is 0 Å². The van der Waals surface area contributed by atoms with Crippen molar-refractivity contribution in [3.8, 4) is 5.75 Å². The fraction of sp³-hybridized carbons (Fsp3) is 0.200. The maximum Gasteiger partial charge on any atom is 0.267 e. The maximum absolute atomic E-state index is 13.7. The van der Waals surface area contributed by atoms with Crippen molar-refractivity contribution in [2.75, 3.05) is 30.4 Å². The zero-order chi connectivity index (χ0) is 27.7. The van der Waals surface area contributed by atoms with Gasteiger partial charge in [-0.25, -0.2) is 0 Å². The Labute approximate surface area is 236 Å². The predicted octanol–water partition coefficient (Wildman–Crippen LogP) is 5.11. The fourth-order valence-corrected chi connectivity index (χ4v) is 6.02. The van der Waals surface area contributed by atoms with Crippen molar-refractivity contribution < 1.29 is 19.1 Å². The number of carbonyl (C=O) groups excluding carboxylic acids is 3. The van der Waals surface area contributed by atoms with Crippen molar-refractivity contribution >= 4 is 63.0 Å². The van der Waals surface area contributed by atoms with Crippen molar-refractivity contribution in [2.24, 2.45) is 0 Å². The number of para-hydroxylation sites is 1. The first kappa shape index (κ1) is 26.6. The van der Waals surface area contributed by atoms with E-state index in [1.165, 1.54) is 4.90 Å². The minimum atomic E-state index is -0.386. The van der Waals surface area contributed by atoms with Gasteiger partial charge in [0.1, 0.15) is 16.6 Å². The molecule has 9 heteroatoms. The molecule has 0 unspecified atom stereocenters. The van der Waals surface area contributed by atoms with Crippen LogP contribution in [-0.2, 0) is 20.8 Å². The lowest BCUT2D eigenvalue weighted by atomic mass is 10.1. The van der Waals surface area contributed by atoms with E-state index in [0.717, 1.165) is 34.2 Å². The first-order valence-electron chi connectivity index (χ1n) is 12.5. The van der Waals surface area contributed by atoms with Crippen LogP contribution in [0.5, 0.6) is 5.75 Å². The summed E-state index contributed by atoms with van der Waals surface area (Å²) in [6.07, 6.45) is 0.605. The summed E-state index contributed by atoms with van der Waals surface area (Å²) in [5, 5.41) is 2.92. The van der Waals surface area contributed by atoms with E-state index < -0.39 is 0 Å². The van der Waals surface area contributed by atoms with Crippen LogP contribution in [-0.4, -0.2) is 47.1 Å². The van der Waals surface area contributed by atoms with E-state index in [-0.39, 0.29) is 29.8 Å². The molecule has 198 valence electrons. The molecule has 7 nitrogen and oxygen atoms in total. The Hall–Kier alpha value is -3.95. The number of hydrogen-bond donors (Lipinski definition) is 1. The van der Waals surface area contributed by atoms with Crippen molar-refractivity contribution in [1.82, 2.24) is 4.90 Å². The second-order valence-electron chi connectivity index (χ2n) is 9.40. The van der Waals surface area contributed by atoms with Crippen molar-refractivity contribution in [2.45, 2.75) is 20.3 Å². The minimum absolute atomic E-state index is 0.176. The quantitative estimate of drug-likeness (QED) is 0.321. The molecule has 0 saturated carbocycles. The number of amides is 3. The van der Waals surface area contributed by atoms with Crippen LogP contribution < -0.4 is 15.0 Å². The molecule has 39 heavy (non-hydrogen) atoms. The number of thioether (sulfide) groups is 1. The zero-order valence-corrected chi connectivity index (χ0v) is 23.4. The van der Waals surface area contributed by atoms with Crippen LogP contribution >= 0.6 is 24.0 Å². The normalized spacial score (nSPS) is 16.6. The Kier molecular flexibility index (Phi) is 7.54. The molecule has 0 radical (unpaired) electrons. The third-order valence-corrected chi connectivity index (χ3v) is 8.20. The first-order valence-corrected chi connectivity index (χ1v) is 13.7. The van der Waals surface area contributed by atoms with Gasteiger partial charge in [0, 0.05) is 17.8 Å². The van der Waals surface area contributed by atoms with Crippen LogP contribution in [0, 0.1) is 13.8 Å². The summed E-state index contributed by atoms with van der Waals surface area (Å²) in [7, 11) is 1.61. The lowest BCUT2D eigenvalue weighted by Crippen LogP contribution is -2.36. The van der Waals surface area contributed by atoms with E-state index in [1.54, 1.807) is 24.1 Å². The fourth-order valence-electron chi connectivity index (χ4n) is 4.64. The van der Waals surface area contributed by atoms with Gasteiger partial charge in [-0.3, -0.25) is 24.2 Å². The molecule has 2 heterocycles. The number of hydrogen-bond acceptors (Lipinski definition) is 6. The monoisotopic (exact) mass is 557 g/mol. The largest absolute Gasteiger partial charge is 0.497 e.